The molecule has 0 radical (unpaired) electrons. The molecule has 2 N–H and O–H groups in total. The third-order valence-corrected chi connectivity index (χ3v) is 13.0. The Labute approximate surface area is 319 Å². The van der Waals surface area contributed by atoms with Crippen molar-refractivity contribution in [1.82, 2.24) is 0 Å². The van der Waals surface area contributed by atoms with Gasteiger partial charge in [0.05, 0.1) is 17.0 Å². The van der Waals surface area contributed by atoms with Crippen LogP contribution in [0.15, 0.2) is 52.9 Å². The molecule has 0 bridgehead atoms. The lowest BCUT2D eigenvalue weighted by molar-refractivity contribution is -0.205. The van der Waals surface area contributed by atoms with Crippen LogP contribution in [0.5, 0.6) is 5.75 Å². The molecule has 3 aliphatic carbocycles. The summed E-state index contributed by atoms with van der Waals surface area (Å²) in [4.78, 5) is 70.3. The maximum atomic E-state index is 14.9. The van der Waals surface area contributed by atoms with Crippen LogP contribution in [0.3, 0.4) is 0 Å². The van der Waals surface area contributed by atoms with Crippen molar-refractivity contribution in [3.8, 4) is 17.1 Å². The Morgan fingerprint density at radius 2 is 1.57 bits per heavy atom. The van der Waals surface area contributed by atoms with Gasteiger partial charge in [0.15, 0.2) is 28.7 Å². The summed E-state index contributed by atoms with van der Waals surface area (Å²) in [6, 6.07) is 16.0. The van der Waals surface area contributed by atoms with Crippen LogP contribution in [0.1, 0.15) is 120 Å². The fourth-order valence-corrected chi connectivity index (χ4v) is 10.6. The first-order valence-corrected chi connectivity index (χ1v) is 19.7. The number of carbonyl (C=O) groups is 5. The van der Waals surface area contributed by atoms with E-state index < -0.39 is 69.0 Å². The molecule has 7 atom stereocenters. The molecule has 2 aromatic carbocycles. The van der Waals surface area contributed by atoms with Crippen molar-refractivity contribution in [3.63, 3.8) is 0 Å². The Kier molecular flexibility index (Phi) is 10.4. The standard InChI is InChI=1S/C46H56O8/c1-24(2)15-16-29(19-28-13-11-10-12-14-28)20-30-17-18-34(54-30)32-21-31(25(3)4)33-22-44(8)23-45(9)37(26(5)6)40(49)35(27(7)47)42(51)46(45,53)43(52)38(44)41(50)36(33)39(32)48/h10-14,17-18,21,24-26,29,35,37-38,48,53H,15-16,19-20,22-23H2,1-9H3/t29?,35?,37?,38?,44-,45-,46+/m1/s1. The number of carbonyl (C=O) groups excluding carboxylic acids is 5. The minimum atomic E-state index is -2.74. The molecule has 1 heterocycles. The molecule has 3 aromatic rings. The Morgan fingerprint density at radius 3 is 2.17 bits per heavy atom. The quantitative estimate of drug-likeness (QED) is 0.188. The van der Waals surface area contributed by atoms with Gasteiger partial charge >= 0.3 is 0 Å². The van der Waals surface area contributed by atoms with Crippen molar-refractivity contribution in [3.05, 3.63) is 76.5 Å². The first kappa shape index (κ1) is 39.5. The Balaban J connectivity index is 1.42. The van der Waals surface area contributed by atoms with Gasteiger partial charge in [0.2, 0.25) is 0 Å². The summed E-state index contributed by atoms with van der Waals surface area (Å²) in [5.41, 5.74) is -2.33. The molecule has 4 unspecified atom stereocenters. The van der Waals surface area contributed by atoms with Crippen LogP contribution in [-0.4, -0.2) is 44.7 Å². The van der Waals surface area contributed by atoms with Gasteiger partial charge in [-0.2, -0.15) is 0 Å². The van der Waals surface area contributed by atoms with Crippen LogP contribution < -0.4 is 0 Å². The topological polar surface area (TPSA) is 139 Å². The molecule has 0 amide bonds. The second-order valence-corrected chi connectivity index (χ2v) is 18.2. The van der Waals surface area contributed by atoms with Crippen molar-refractivity contribution in [2.24, 2.45) is 46.3 Å². The summed E-state index contributed by atoms with van der Waals surface area (Å²) in [7, 11) is 0. The van der Waals surface area contributed by atoms with Gasteiger partial charge in [-0.25, -0.2) is 0 Å². The Bertz CT molecular complexity index is 2000. The predicted molar refractivity (Wildman–Crippen MR) is 206 cm³/mol. The SMILES string of the molecule is CC(=O)C1C(=O)C(C(C)C)[C@@]2(C)C[C@@]3(C)Cc4c(C(C)C)cc(-c5ccc(CC(CCC(C)C)Cc6ccccc6)o5)c(O)c4C(=O)C3C(=O)[C@@]2(O)C1=O. The molecule has 8 nitrogen and oxygen atoms in total. The zero-order valence-electron chi connectivity index (χ0n) is 33.2. The molecular formula is C46H56O8. The number of hydrogen-bond acceptors (Lipinski definition) is 8. The maximum Gasteiger partial charge on any atom is 0.190 e. The average molecular weight is 737 g/mol. The van der Waals surface area contributed by atoms with Crippen molar-refractivity contribution in [1.29, 1.82) is 0 Å². The first-order chi connectivity index (χ1) is 25.3. The number of aliphatic hydroxyl groups is 1. The lowest BCUT2D eigenvalue weighted by Gasteiger charge is -2.62. The fourth-order valence-electron chi connectivity index (χ4n) is 10.6. The Morgan fingerprint density at radius 1 is 0.907 bits per heavy atom. The highest BCUT2D eigenvalue weighted by Crippen LogP contribution is 2.64. The predicted octanol–water partition coefficient (Wildman–Crippen LogP) is 8.31. The van der Waals surface area contributed by atoms with Crippen LogP contribution in [-0.2, 0) is 38.4 Å². The van der Waals surface area contributed by atoms with E-state index in [1.807, 2.05) is 57.2 Å². The number of hydrogen-bond donors (Lipinski definition) is 2. The molecule has 0 saturated heterocycles. The smallest absolute Gasteiger partial charge is 0.190 e. The maximum absolute atomic E-state index is 14.9. The third kappa shape index (κ3) is 6.22. The van der Waals surface area contributed by atoms with Crippen molar-refractivity contribution >= 4 is 28.9 Å². The molecular weight excluding hydrogens is 680 g/mol. The van der Waals surface area contributed by atoms with E-state index in [9.17, 15) is 34.2 Å². The van der Waals surface area contributed by atoms with Gasteiger partial charge in [0.25, 0.3) is 0 Å². The molecule has 8 heteroatoms. The van der Waals surface area contributed by atoms with Crippen LogP contribution >= 0.6 is 0 Å². The Hall–Kier alpha value is -4.17. The molecule has 0 aliphatic heterocycles. The normalized spacial score (nSPS) is 28.7. The summed E-state index contributed by atoms with van der Waals surface area (Å²) in [5.74, 6) is -7.07. The molecule has 3 aliphatic rings. The van der Waals surface area contributed by atoms with E-state index in [1.165, 1.54) is 5.56 Å². The van der Waals surface area contributed by atoms with Crippen LogP contribution in [0.2, 0.25) is 0 Å². The zero-order valence-corrected chi connectivity index (χ0v) is 33.2. The van der Waals surface area contributed by atoms with Crippen LogP contribution in [0, 0.1) is 46.3 Å². The van der Waals surface area contributed by atoms with Crippen molar-refractivity contribution < 1.29 is 38.6 Å². The van der Waals surface area contributed by atoms with E-state index in [0.717, 1.165) is 37.5 Å². The van der Waals surface area contributed by atoms with Gasteiger partial charge in [-0.3, -0.25) is 24.0 Å². The van der Waals surface area contributed by atoms with Crippen LogP contribution in [0.4, 0.5) is 0 Å². The number of fused-ring (bicyclic) bond motifs is 3. The van der Waals surface area contributed by atoms with Gasteiger partial charge < -0.3 is 14.6 Å². The lowest BCUT2D eigenvalue weighted by atomic mass is 9.39. The molecule has 0 spiro atoms. The minimum absolute atomic E-state index is 0.000993. The van der Waals surface area contributed by atoms with Crippen LogP contribution in [0.25, 0.3) is 11.3 Å². The van der Waals surface area contributed by atoms with Gasteiger partial charge in [-0.05, 0) is 96.6 Å². The van der Waals surface area contributed by atoms with E-state index in [4.69, 9.17) is 4.42 Å². The second kappa shape index (κ2) is 14.2. The highest BCUT2D eigenvalue weighted by atomic mass is 16.3. The number of Topliss-reactive ketones (excluding diaryl/α,β-unsaturated/α-hetero) is 5. The molecule has 288 valence electrons. The summed E-state index contributed by atoms with van der Waals surface area (Å²) < 4.78 is 6.44. The number of rotatable bonds is 11. The molecule has 1 aromatic heterocycles. The van der Waals surface area contributed by atoms with E-state index >= 15 is 0 Å². The fraction of sp³-hybridized carbons (Fsp3) is 0.543. The van der Waals surface area contributed by atoms with Gasteiger partial charge in [0.1, 0.15) is 29.0 Å². The second-order valence-electron chi connectivity index (χ2n) is 18.2. The van der Waals surface area contributed by atoms with Crippen molar-refractivity contribution in [2.75, 3.05) is 0 Å². The average Bonchev–Trinajstić information content (AvgIpc) is 3.53. The molecule has 2 saturated carbocycles. The van der Waals surface area contributed by atoms with E-state index in [2.05, 4.69) is 26.0 Å². The lowest BCUT2D eigenvalue weighted by Crippen LogP contribution is -2.76. The van der Waals surface area contributed by atoms with Gasteiger partial charge in [0, 0.05) is 17.8 Å². The summed E-state index contributed by atoms with van der Waals surface area (Å²) in [6.07, 6.45) is 3.94. The number of phenolic OH excluding ortho intramolecular Hbond substituents is 1. The first-order valence-electron chi connectivity index (χ1n) is 19.7. The summed E-state index contributed by atoms with van der Waals surface area (Å²) in [5, 5.41) is 24.4. The number of phenols is 1. The van der Waals surface area contributed by atoms with E-state index in [0.29, 0.717) is 35.1 Å². The molecule has 6 rings (SSSR count). The van der Waals surface area contributed by atoms with E-state index in [1.54, 1.807) is 20.8 Å². The highest BCUT2D eigenvalue weighted by molar-refractivity contribution is 6.32. The number of furan rings is 1. The highest BCUT2D eigenvalue weighted by Gasteiger charge is 2.76. The van der Waals surface area contributed by atoms with E-state index in [-0.39, 0.29) is 30.1 Å². The number of ketones is 5. The minimum Gasteiger partial charge on any atom is -0.506 e. The molecule has 54 heavy (non-hydrogen) atoms. The van der Waals surface area contributed by atoms with Gasteiger partial charge in [-0.15, -0.1) is 0 Å². The number of benzene rings is 2. The summed E-state index contributed by atoms with van der Waals surface area (Å²) >= 11 is 0. The summed E-state index contributed by atoms with van der Waals surface area (Å²) in [6.45, 7) is 16.5. The van der Waals surface area contributed by atoms with Gasteiger partial charge in [-0.1, -0.05) is 92.1 Å². The number of aromatic hydroxyl groups is 1. The molecule has 2 fully saturated rings. The van der Waals surface area contributed by atoms with Crippen molar-refractivity contribution in [2.45, 2.75) is 112 Å². The third-order valence-electron chi connectivity index (χ3n) is 13.0. The zero-order chi connectivity index (χ0) is 39.7. The monoisotopic (exact) mass is 736 g/mol. The largest absolute Gasteiger partial charge is 0.506 e.